The maximum absolute atomic E-state index is 13.1. The van der Waals surface area contributed by atoms with Gasteiger partial charge in [0.1, 0.15) is 11.4 Å². The summed E-state index contributed by atoms with van der Waals surface area (Å²) in [6, 6.07) is 0.260. The third-order valence-corrected chi connectivity index (χ3v) is 2.12. The Kier molecular flexibility index (Phi) is 3.23. The van der Waals surface area contributed by atoms with Crippen molar-refractivity contribution in [3.05, 3.63) is 42.7 Å². The van der Waals surface area contributed by atoms with Gasteiger partial charge < -0.3 is 5.11 Å². The number of carboxylic acids is 1. The molecule has 10 heteroatoms. The minimum atomic E-state index is -1.87. The lowest BCUT2D eigenvalue weighted by molar-refractivity contribution is -0.422. The number of hydrogen-bond donors (Lipinski definition) is 1. The topological polar surface area (TPSA) is 124 Å². The summed E-state index contributed by atoms with van der Waals surface area (Å²) in [6.07, 6.45) is 0. The molecule has 1 N–H and O–H groups in total. The van der Waals surface area contributed by atoms with Crippen molar-refractivity contribution < 1.29 is 24.1 Å². The Labute approximate surface area is 96.5 Å². The van der Waals surface area contributed by atoms with Gasteiger partial charge in [0.2, 0.25) is 0 Å². The van der Waals surface area contributed by atoms with Crippen LogP contribution in [0.5, 0.6) is 0 Å². The van der Waals surface area contributed by atoms with Crippen LogP contribution in [-0.2, 0) is 0 Å². The minimum absolute atomic E-state index is 0.260. The van der Waals surface area contributed by atoms with Gasteiger partial charge in [-0.25, -0.2) is 9.18 Å². The lowest BCUT2D eigenvalue weighted by Gasteiger charge is -2.02. The number of nitro groups is 2. The highest BCUT2D eigenvalue weighted by Gasteiger charge is 2.37. The molecule has 1 aromatic rings. The number of nitro benzene ring substituents is 2. The average molecular weight is 265 g/mol. The van der Waals surface area contributed by atoms with Crippen LogP contribution in [0.1, 0.15) is 10.4 Å². The average Bonchev–Trinajstić information content (AvgIpc) is 2.19. The van der Waals surface area contributed by atoms with E-state index in [1.165, 1.54) is 0 Å². The molecule has 0 amide bonds. The number of carbonyl (C=O) groups is 1. The van der Waals surface area contributed by atoms with Gasteiger partial charge in [-0.05, 0) is 6.07 Å². The zero-order valence-corrected chi connectivity index (χ0v) is 8.47. The van der Waals surface area contributed by atoms with E-state index in [-0.39, 0.29) is 6.07 Å². The van der Waals surface area contributed by atoms with Gasteiger partial charge in [0.15, 0.2) is 5.02 Å². The quantitative estimate of drug-likeness (QED) is 0.657. The van der Waals surface area contributed by atoms with Gasteiger partial charge in [-0.3, -0.25) is 20.2 Å². The smallest absolute Gasteiger partial charge is 0.368 e. The number of hydrogen-bond acceptors (Lipinski definition) is 5. The molecule has 0 unspecified atom stereocenters. The van der Waals surface area contributed by atoms with Gasteiger partial charge in [-0.15, -0.1) is 0 Å². The molecule has 0 fully saturated rings. The molecular formula is C7H2ClFN2O6. The molecule has 0 aromatic heterocycles. The van der Waals surface area contributed by atoms with Crippen LogP contribution >= 0.6 is 11.6 Å². The molecule has 8 nitrogen and oxygen atoms in total. The Morgan fingerprint density at radius 1 is 1.29 bits per heavy atom. The predicted octanol–water partition coefficient (Wildman–Crippen LogP) is 1.99. The van der Waals surface area contributed by atoms with Crippen LogP contribution in [0.15, 0.2) is 6.07 Å². The van der Waals surface area contributed by atoms with Crippen LogP contribution in [0, 0.1) is 26.0 Å². The Morgan fingerprint density at radius 3 is 2.12 bits per heavy atom. The van der Waals surface area contributed by atoms with Crippen molar-refractivity contribution in [3.63, 3.8) is 0 Å². The van der Waals surface area contributed by atoms with Crippen molar-refractivity contribution in [1.82, 2.24) is 0 Å². The molecule has 0 aliphatic carbocycles. The first-order valence-electron chi connectivity index (χ1n) is 3.81. The summed E-state index contributed by atoms with van der Waals surface area (Å²) in [6.45, 7) is 0. The van der Waals surface area contributed by atoms with E-state index in [2.05, 4.69) is 0 Å². The third kappa shape index (κ3) is 2.13. The van der Waals surface area contributed by atoms with E-state index in [1.807, 2.05) is 0 Å². The molecule has 1 rings (SSSR count). The Balaban J connectivity index is 3.83. The van der Waals surface area contributed by atoms with Crippen molar-refractivity contribution in [2.75, 3.05) is 0 Å². The van der Waals surface area contributed by atoms with Gasteiger partial charge in [-0.2, -0.15) is 0 Å². The van der Waals surface area contributed by atoms with E-state index in [9.17, 15) is 29.4 Å². The number of rotatable bonds is 3. The maximum atomic E-state index is 13.1. The molecular weight excluding hydrogens is 263 g/mol. The van der Waals surface area contributed by atoms with Gasteiger partial charge in [0, 0.05) is 0 Å². The standard InChI is InChI=1S/C7H2ClFN2O6/c8-4-3(9)1-2(7(12)13)5(10(14)15)6(4)11(16)17/h1H,(H,12,13). The van der Waals surface area contributed by atoms with E-state index < -0.39 is 43.6 Å². The van der Waals surface area contributed by atoms with Crippen LogP contribution in [0.3, 0.4) is 0 Å². The van der Waals surface area contributed by atoms with Crippen molar-refractivity contribution in [1.29, 1.82) is 0 Å². The number of halogens is 2. The van der Waals surface area contributed by atoms with E-state index >= 15 is 0 Å². The zero-order chi connectivity index (χ0) is 13.3. The Bertz CT molecular complexity index is 546. The fraction of sp³-hybridized carbons (Fsp3) is 0. The molecule has 17 heavy (non-hydrogen) atoms. The Hall–Kier alpha value is -2.29. The summed E-state index contributed by atoms with van der Waals surface area (Å²) in [5.74, 6) is -3.28. The first-order valence-corrected chi connectivity index (χ1v) is 4.19. The summed E-state index contributed by atoms with van der Waals surface area (Å²) < 4.78 is 13.1. The van der Waals surface area contributed by atoms with E-state index in [4.69, 9.17) is 16.7 Å². The monoisotopic (exact) mass is 264 g/mol. The van der Waals surface area contributed by atoms with Crippen molar-refractivity contribution in [2.45, 2.75) is 0 Å². The molecule has 0 heterocycles. The second kappa shape index (κ2) is 4.29. The summed E-state index contributed by atoms with van der Waals surface area (Å²) in [5, 5.41) is 28.6. The van der Waals surface area contributed by atoms with Gasteiger partial charge in [-0.1, -0.05) is 11.6 Å². The van der Waals surface area contributed by atoms with Crippen molar-refractivity contribution in [3.8, 4) is 0 Å². The van der Waals surface area contributed by atoms with Crippen LogP contribution in [-0.4, -0.2) is 20.9 Å². The number of benzene rings is 1. The highest BCUT2D eigenvalue weighted by Crippen LogP contribution is 2.39. The number of nitrogens with zero attached hydrogens (tertiary/aromatic N) is 2. The molecule has 0 spiro atoms. The van der Waals surface area contributed by atoms with Crippen LogP contribution in [0.4, 0.5) is 15.8 Å². The number of aromatic carboxylic acids is 1. The number of carboxylic acid groups (broad SMARTS) is 1. The predicted molar refractivity (Wildman–Crippen MR) is 51.7 cm³/mol. The zero-order valence-electron chi connectivity index (χ0n) is 7.72. The molecule has 0 bridgehead atoms. The lowest BCUT2D eigenvalue weighted by atomic mass is 10.1. The third-order valence-electron chi connectivity index (χ3n) is 1.76. The first kappa shape index (κ1) is 12.8. The van der Waals surface area contributed by atoms with Crippen LogP contribution in [0.2, 0.25) is 5.02 Å². The normalized spacial score (nSPS) is 10.0. The lowest BCUT2D eigenvalue weighted by Crippen LogP contribution is -2.07. The fourth-order valence-corrected chi connectivity index (χ4v) is 1.33. The van der Waals surface area contributed by atoms with E-state index in [0.29, 0.717) is 0 Å². The molecule has 0 aliphatic heterocycles. The summed E-state index contributed by atoms with van der Waals surface area (Å²) in [4.78, 5) is 29.1. The highest BCUT2D eigenvalue weighted by molar-refractivity contribution is 6.33. The van der Waals surface area contributed by atoms with Gasteiger partial charge in [0.25, 0.3) is 0 Å². The van der Waals surface area contributed by atoms with E-state index in [1.54, 1.807) is 0 Å². The summed E-state index contributed by atoms with van der Waals surface area (Å²) >= 11 is 5.20. The summed E-state index contributed by atoms with van der Waals surface area (Å²) in [7, 11) is 0. The first-order chi connectivity index (χ1) is 7.77. The van der Waals surface area contributed by atoms with Crippen LogP contribution in [0.25, 0.3) is 0 Å². The van der Waals surface area contributed by atoms with Crippen molar-refractivity contribution in [2.24, 2.45) is 0 Å². The Morgan fingerprint density at radius 2 is 1.76 bits per heavy atom. The molecule has 90 valence electrons. The minimum Gasteiger partial charge on any atom is -0.477 e. The molecule has 0 radical (unpaired) electrons. The van der Waals surface area contributed by atoms with E-state index in [0.717, 1.165) is 0 Å². The largest absolute Gasteiger partial charge is 0.477 e. The van der Waals surface area contributed by atoms with Gasteiger partial charge >= 0.3 is 17.3 Å². The van der Waals surface area contributed by atoms with Crippen LogP contribution < -0.4 is 0 Å². The second-order valence-corrected chi connectivity index (χ2v) is 3.11. The SMILES string of the molecule is O=C(O)c1cc(F)c(Cl)c([N+](=O)[O-])c1[N+](=O)[O-]. The molecule has 0 atom stereocenters. The molecule has 0 aliphatic rings. The summed E-state index contributed by atoms with van der Waals surface area (Å²) in [5.41, 5.74) is -3.87. The molecule has 1 aromatic carbocycles. The highest BCUT2D eigenvalue weighted by atomic mass is 35.5. The van der Waals surface area contributed by atoms with Crippen molar-refractivity contribution >= 4 is 28.9 Å². The molecule has 0 saturated carbocycles. The van der Waals surface area contributed by atoms with Gasteiger partial charge in [0.05, 0.1) is 9.85 Å². The second-order valence-electron chi connectivity index (χ2n) is 2.74. The fourth-order valence-electron chi connectivity index (χ4n) is 1.12. The maximum Gasteiger partial charge on any atom is 0.368 e. The molecule has 0 saturated heterocycles.